The van der Waals surface area contributed by atoms with Gasteiger partial charge >= 0.3 is 5.97 Å². The van der Waals surface area contributed by atoms with Crippen LogP contribution in [0.25, 0.3) is 0 Å². The molecule has 0 radical (unpaired) electrons. The van der Waals surface area contributed by atoms with Crippen LogP contribution in [0.2, 0.25) is 0 Å². The summed E-state index contributed by atoms with van der Waals surface area (Å²) in [5.41, 5.74) is 0.686. The molecule has 1 rings (SSSR count). The molecule has 0 aliphatic heterocycles. The number of Topliss-reactive ketones (excluding diaryl/α,β-unsaturated/α-hetero) is 1. The quantitative estimate of drug-likeness (QED) is 0.620. The third-order valence-electron chi connectivity index (χ3n) is 2.36. The summed E-state index contributed by atoms with van der Waals surface area (Å²) < 4.78 is 4.85. The summed E-state index contributed by atoms with van der Waals surface area (Å²) in [4.78, 5) is 21.4. The van der Waals surface area contributed by atoms with Crippen LogP contribution in [0.3, 0.4) is 0 Å². The molecule has 5 heteroatoms. The monoisotopic (exact) mass is 228 g/mol. The van der Waals surface area contributed by atoms with E-state index in [-0.39, 0.29) is 18.8 Å². The van der Waals surface area contributed by atoms with E-state index in [9.17, 15) is 14.7 Å². The zero-order valence-electron chi connectivity index (χ0n) is 9.02. The molecule has 1 atom stereocenters. The van der Waals surface area contributed by atoms with E-state index in [1.54, 1.807) is 6.08 Å². The molecule has 0 fully saturated rings. The van der Waals surface area contributed by atoms with Gasteiger partial charge in [0.1, 0.15) is 6.61 Å². The van der Waals surface area contributed by atoms with Crippen molar-refractivity contribution in [2.75, 3.05) is 13.2 Å². The fraction of sp³-hybridized carbons (Fsp3) is 0.636. The van der Waals surface area contributed by atoms with Gasteiger partial charge in [0.05, 0.1) is 6.10 Å². The first-order valence-electron chi connectivity index (χ1n) is 5.31. The van der Waals surface area contributed by atoms with Gasteiger partial charge < -0.3 is 14.9 Å². The van der Waals surface area contributed by atoms with Gasteiger partial charge in [-0.3, -0.25) is 4.79 Å². The Morgan fingerprint density at radius 2 is 2.25 bits per heavy atom. The molecule has 0 amide bonds. The molecule has 0 heterocycles. The van der Waals surface area contributed by atoms with Gasteiger partial charge in [-0.1, -0.05) is 0 Å². The van der Waals surface area contributed by atoms with Gasteiger partial charge in [-0.15, -0.1) is 0 Å². The van der Waals surface area contributed by atoms with E-state index in [0.29, 0.717) is 25.0 Å². The average molecular weight is 228 g/mol. The number of aliphatic hydroxyl groups excluding tert-OH is 1. The van der Waals surface area contributed by atoms with Crippen LogP contribution in [-0.2, 0) is 14.3 Å². The van der Waals surface area contributed by atoms with Gasteiger partial charge in [0.25, 0.3) is 0 Å². The Bertz CT molecular complexity index is 295. The van der Waals surface area contributed by atoms with Crippen molar-refractivity contribution in [3.05, 3.63) is 11.6 Å². The Balaban J connectivity index is 2.05. The number of carbonyl (C=O) groups excluding carboxylic acids is 1. The number of allylic oxidation sites excluding steroid dienone is 1. The predicted octanol–water partition coefficient (Wildman–Crippen LogP) is 0.518. The van der Waals surface area contributed by atoms with E-state index in [4.69, 9.17) is 9.84 Å². The van der Waals surface area contributed by atoms with Crippen molar-refractivity contribution >= 4 is 11.8 Å². The fourth-order valence-corrected chi connectivity index (χ4v) is 1.61. The van der Waals surface area contributed by atoms with Crippen LogP contribution in [-0.4, -0.2) is 41.3 Å². The Hall–Kier alpha value is -1.20. The summed E-state index contributed by atoms with van der Waals surface area (Å²) >= 11 is 0. The Morgan fingerprint density at radius 1 is 1.50 bits per heavy atom. The Kier molecular flexibility index (Phi) is 5.14. The van der Waals surface area contributed by atoms with Crippen LogP contribution in [0, 0.1) is 0 Å². The number of carbonyl (C=O) groups is 2. The molecule has 16 heavy (non-hydrogen) atoms. The van der Waals surface area contributed by atoms with Crippen LogP contribution >= 0.6 is 0 Å². The largest absolute Gasteiger partial charge is 0.480 e. The minimum absolute atomic E-state index is 0.0129. The molecule has 1 aliphatic carbocycles. The Labute approximate surface area is 93.7 Å². The number of ether oxygens (including phenoxy) is 1. The second kappa shape index (κ2) is 6.40. The lowest BCUT2D eigenvalue weighted by Gasteiger charge is -2.01. The van der Waals surface area contributed by atoms with E-state index in [0.717, 1.165) is 6.42 Å². The van der Waals surface area contributed by atoms with E-state index in [1.807, 2.05) is 0 Å². The molecular weight excluding hydrogens is 212 g/mol. The number of ketones is 1. The van der Waals surface area contributed by atoms with Gasteiger partial charge in [-0.05, 0) is 30.9 Å². The topological polar surface area (TPSA) is 83.8 Å². The molecular formula is C11H16O5. The predicted molar refractivity (Wildman–Crippen MR) is 56.0 cm³/mol. The highest BCUT2D eigenvalue weighted by Crippen LogP contribution is 2.19. The minimum Gasteiger partial charge on any atom is -0.480 e. The highest BCUT2D eigenvalue weighted by Gasteiger charge is 2.21. The van der Waals surface area contributed by atoms with Gasteiger partial charge in [-0.25, -0.2) is 4.79 Å². The maximum absolute atomic E-state index is 11.3. The first kappa shape index (κ1) is 12.9. The van der Waals surface area contributed by atoms with E-state index in [1.165, 1.54) is 0 Å². The Morgan fingerprint density at radius 3 is 2.81 bits per heavy atom. The second-order valence-corrected chi connectivity index (χ2v) is 3.79. The first-order chi connectivity index (χ1) is 7.59. The first-order valence-corrected chi connectivity index (χ1v) is 5.31. The van der Waals surface area contributed by atoms with Crippen LogP contribution in [0.15, 0.2) is 11.6 Å². The molecule has 0 bridgehead atoms. The van der Waals surface area contributed by atoms with E-state index >= 15 is 0 Å². The molecule has 2 N–H and O–H groups in total. The molecule has 0 saturated carbocycles. The van der Waals surface area contributed by atoms with Gasteiger partial charge in [0.15, 0.2) is 5.78 Å². The summed E-state index contributed by atoms with van der Waals surface area (Å²) in [6, 6.07) is 0. The number of carboxylic acid groups (broad SMARTS) is 1. The zero-order chi connectivity index (χ0) is 12.0. The van der Waals surface area contributed by atoms with Crippen LogP contribution in [0.5, 0.6) is 0 Å². The van der Waals surface area contributed by atoms with Crippen molar-refractivity contribution in [1.82, 2.24) is 0 Å². The van der Waals surface area contributed by atoms with Crippen molar-refractivity contribution in [3.8, 4) is 0 Å². The smallest absolute Gasteiger partial charge is 0.329 e. The zero-order valence-corrected chi connectivity index (χ0v) is 9.02. The van der Waals surface area contributed by atoms with E-state index in [2.05, 4.69) is 0 Å². The lowest BCUT2D eigenvalue weighted by atomic mass is 10.1. The lowest BCUT2D eigenvalue weighted by molar-refractivity contribution is -0.142. The van der Waals surface area contributed by atoms with Crippen molar-refractivity contribution in [2.45, 2.75) is 31.8 Å². The average Bonchev–Trinajstić information content (AvgIpc) is 2.50. The molecule has 0 aromatic carbocycles. The number of carboxylic acids is 1. The number of aliphatic hydroxyl groups is 1. The van der Waals surface area contributed by atoms with Gasteiger partial charge in [0.2, 0.25) is 0 Å². The summed E-state index contributed by atoms with van der Waals surface area (Å²) in [7, 11) is 0. The molecule has 1 aliphatic rings. The molecule has 90 valence electrons. The van der Waals surface area contributed by atoms with Gasteiger partial charge in [-0.2, -0.15) is 0 Å². The molecule has 5 nitrogen and oxygen atoms in total. The fourth-order valence-electron chi connectivity index (χ4n) is 1.61. The van der Waals surface area contributed by atoms with Crippen molar-refractivity contribution in [2.24, 2.45) is 0 Å². The van der Waals surface area contributed by atoms with E-state index < -0.39 is 12.1 Å². The maximum atomic E-state index is 11.3. The van der Waals surface area contributed by atoms with Crippen LogP contribution in [0.4, 0.5) is 0 Å². The standard InChI is InChI=1S/C11H16O5/c12-9-5-8(10(13)6-9)3-1-2-4-16-7-11(14)15/h5,9,12H,1-4,6-7H2,(H,14,15). The molecule has 0 saturated heterocycles. The third kappa shape index (κ3) is 4.55. The molecule has 1 unspecified atom stereocenters. The highest BCUT2D eigenvalue weighted by molar-refractivity contribution is 5.98. The minimum atomic E-state index is -0.975. The number of aliphatic carboxylic acids is 1. The number of hydrogen-bond donors (Lipinski definition) is 2. The molecule has 0 aromatic rings. The molecule has 0 aromatic heterocycles. The number of hydrogen-bond acceptors (Lipinski definition) is 4. The lowest BCUT2D eigenvalue weighted by Crippen LogP contribution is -2.07. The second-order valence-electron chi connectivity index (χ2n) is 3.79. The van der Waals surface area contributed by atoms with Crippen LogP contribution < -0.4 is 0 Å². The SMILES string of the molecule is O=C(O)COCCCCC1=CC(O)CC1=O. The van der Waals surface area contributed by atoms with Crippen molar-refractivity contribution < 1.29 is 24.5 Å². The summed E-state index contributed by atoms with van der Waals surface area (Å²) in [5.74, 6) is -0.962. The van der Waals surface area contributed by atoms with Crippen LogP contribution in [0.1, 0.15) is 25.7 Å². The number of rotatable bonds is 7. The maximum Gasteiger partial charge on any atom is 0.329 e. The van der Waals surface area contributed by atoms with Gasteiger partial charge in [0, 0.05) is 13.0 Å². The summed E-state index contributed by atoms with van der Waals surface area (Å²) in [6.45, 7) is 0.108. The highest BCUT2D eigenvalue weighted by atomic mass is 16.5. The normalized spacial score (nSPS) is 19.9. The summed E-state index contributed by atoms with van der Waals surface area (Å²) in [5, 5.41) is 17.5. The third-order valence-corrected chi connectivity index (χ3v) is 2.36. The van der Waals surface area contributed by atoms with Crippen molar-refractivity contribution in [3.63, 3.8) is 0 Å². The summed E-state index contributed by atoms with van der Waals surface area (Å²) in [6.07, 6.45) is 3.29. The molecule has 0 spiro atoms. The van der Waals surface area contributed by atoms with Crippen molar-refractivity contribution in [1.29, 1.82) is 0 Å². The number of unbranched alkanes of at least 4 members (excludes halogenated alkanes) is 1.